The van der Waals surface area contributed by atoms with Gasteiger partial charge in [-0.2, -0.15) is 5.10 Å². The van der Waals surface area contributed by atoms with Crippen LogP contribution in [0.25, 0.3) is 0 Å². The van der Waals surface area contributed by atoms with Crippen LogP contribution in [0.1, 0.15) is 66.7 Å². The molecule has 28 heavy (non-hydrogen) atoms. The Labute approximate surface area is 166 Å². The van der Waals surface area contributed by atoms with Gasteiger partial charge in [0.25, 0.3) is 5.91 Å². The summed E-state index contributed by atoms with van der Waals surface area (Å²) in [6, 6.07) is 0. The first-order chi connectivity index (χ1) is 13.6. The van der Waals surface area contributed by atoms with E-state index in [-0.39, 0.29) is 5.91 Å². The van der Waals surface area contributed by atoms with E-state index in [1.54, 1.807) is 6.20 Å². The van der Waals surface area contributed by atoms with Gasteiger partial charge in [0, 0.05) is 31.2 Å². The summed E-state index contributed by atoms with van der Waals surface area (Å²) in [6.45, 7) is 12.5. The van der Waals surface area contributed by atoms with E-state index in [9.17, 15) is 4.79 Å². The van der Waals surface area contributed by atoms with E-state index >= 15 is 0 Å². The summed E-state index contributed by atoms with van der Waals surface area (Å²) in [4.78, 5) is 17.4. The van der Waals surface area contributed by atoms with E-state index in [1.165, 1.54) is 13.0 Å². The number of amides is 1. The van der Waals surface area contributed by atoms with Crippen molar-refractivity contribution >= 4 is 5.91 Å². The van der Waals surface area contributed by atoms with Gasteiger partial charge in [-0.1, -0.05) is 6.92 Å². The monoisotopic (exact) mass is 385 g/mol. The lowest BCUT2D eigenvalue weighted by Crippen LogP contribution is -2.39. The molecule has 0 N–H and O–H groups in total. The highest BCUT2D eigenvalue weighted by Crippen LogP contribution is 2.29. The molecule has 152 valence electrons. The molecule has 2 aromatic rings. The molecule has 2 aromatic heterocycles. The fourth-order valence-corrected chi connectivity index (χ4v) is 4.53. The zero-order chi connectivity index (χ0) is 19.7. The lowest BCUT2D eigenvalue weighted by atomic mass is 9.95. The molecule has 0 aliphatic carbocycles. The Morgan fingerprint density at radius 2 is 1.93 bits per heavy atom. The lowest BCUT2D eigenvalue weighted by Gasteiger charge is -2.33. The summed E-state index contributed by atoms with van der Waals surface area (Å²) in [5.41, 5.74) is 1.62. The van der Waals surface area contributed by atoms with Gasteiger partial charge in [-0.15, -0.1) is 10.2 Å². The minimum Gasteiger partial charge on any atom is -0.329 e. The minimum atomic E-state index is 0.0425. The summed E-state index contributed by atoms with van der Waals surface area (Å²) >= 11 is 0. The second-order valence-electron chi connectivity index (χ2n) is 7.93. The Balaban J connectivity index is 1.44. The summed E-state index contributed by atoms with van der Waals surface area (Å²) in [7, 11) is 0. The number of carbonyl (C=O) groups excluding carboxylic acids is 1. The second kappa shape index (κ2) is 8.03. The number of rotatable bonds is 5. The smallest absolute Gasteiger partial charge is 0.257 e. The van der Waals surface area contributed by atoms with E-state index in [1.807, 2.05) is 23.4 Å². The molecular formula is C20H31N7O. The Kier molecular flexibility index (Phi) is 5.48. The summed E-state index contributed by atoms with van der Waals surface area (Å²) < 4.78 is 4.12. The number of aryl methyl sites for hydroxylation is 1. The number of aromatic nitrogens is 5. The van der Waals surface area contributed by atoms with Crippen LogP contribution in [0.2, 0.25) is 0 Å². The van der Waals surface area contributed by atoms with E-state index in [0.29, 0.717) is 24.6 Å². The van der Waals surface area contributed by atoms with E-state index < -0.39 is 0 Å². The zero-order valence-electron chi connectivity index (χ0n) is 17.3. The standard InChI is InChI=1S/C20H31N7O/c1-4-8-24-9-6-16(7-10-24)19-23-22-18-14-25(11-12-26(18)19)20(28)17-13-21-27(5-2)15(17)3/h13,16H,4-12,14H2,1-3H3. The van der Waals surface area contributed by atoms with Gasteiger partial charge < -0.3 is 14.4 Å². The van der Waals surface area contributed by atoms with Crippen molar-refractivity contribution in [1.82, 2.24) is 34.3 Å². The van der Waals surface area contributed by atoms with Crippen LogP contribution in [0.3, 0.4) is 0 Å². The first-order valence-electron chi connectivity index (χ1n) is 10.6. The molecule has 4 rings (SSSR count). The third-order valence-corrected chi connectivity index (χ3v) is 6.19. The molecule has 1 amide bonds. The van der Waals surface area contributed by atoms with Gasteiger partial charge in [0.15, 0.2) is 5.82 Å². The summed E-state index contributed by atoms with van der Waals surface area (Å²) in [5.74, 6) is 2.56. The minimum absolute atomic E-state index is 0.0425. The Hall–Kier alpha value is -2.22. The predicted molar refractivity (Wildman–Crippen MR) is 106 cm³/mol. The quantitative estimate of drug-likeness (QED) is 0.788. The maximum Gasteiger partial charge on any atom is 0.257 e. The van der Waals surface area contributed by atoms with Crippen molar-refractivity contribution < 1.29 is 4.79 Å². The van der Waals surface area contributed by atoms with Gasteiger partial charge in [-0.05, 0) is 52.7 Å². The normalized spacial score (nSPS) is 18.5. The number of hydrogen-bond donors (Lipinski definition) is 0. The van der Waals surface area contributed by atoms with Crippen molar-refractivity contribution in [2.45, 2.75) is 65.6 Å². The molecule has 2 aliphatic heterocycles. The fourth-order valence-electron chi connectivity index (χ4n) is 4.53. The lowest BCUT2D eigenvalue weighted by molar-refractivity contribution is 0.0704. The Morgan fingerprint density at radius 1 is 1.14 bits per heavy atom. The fraction of sp³-hybridized carbons (Fsp3) is 0.700. The van der Waals surface area contributed by atoms with Crippen LogP contribution in [0.4, 0.5) is 0 Å². The molecule has 0 bridgehead atoms. The van der Waals surface area contributed by atoms with Crippen LogP contribution in [0.15, 0.2) is 6.20 Å². The molecule has 0 unspecified atom stereocenters. The maximum absolute atomic E-state index is 13.0. The Bertz CT molecular complexity index is 832. The molecule has 0 aromatic carbocycles. The van der Waals surface area contributed by atoms with Crippen molar-refractivity contribution in [2.75, 3.05) is 26.2 Å². The van der Waals surface area contributed by atoms with Gasteiger partial charge >= 0.3 is 0 Å². The molecule has 2 aliphatic rings. The molecule has 8 heteroatoms. The van der Waals surface area contributed by atoms with Crippen molar-refractivity contribution in [3.05, 3.63) is 29.1 Å². The average molecular weight is 386 g/mol. The summed E-state index contributed by atoms with van der Waals surface area (Å²) in [5, 5.41) is 13.3. The van der Waals surface area contributed by atoms with Crippen molar-refractivity contribution in [3.63, 3.8) is 0 Å². The number of hydrogen-bond acceptors (Lipinski definition) is 5. The number of piperidine rings is 1. The van der Waals surface area contributed by atoms with Crippen LogP contribution in [0, 0.1) is 6.92 Å². The van der Waals surface area contributed by atoms with Crippen LogP contribution in [-0.2, 0) is 19.6 Å². The topological polar surface area (TPSA) is 72.1 Å². The summed E-state index contributed by atoms with van der Waals surface area (Å²) in [6.07, 6.45) is 5.20. The van der Waals surface area contributed by atoms with E-state index in [2.05, 4.69) is 31.7 Å². The number of carbonyl (C=O) groups is 1. The van der Waals surface area contributed by atoms with Crippen LogP contribution < -0.4 is 0 Å². The predicted octanol–water partition coefficient (Wildman–Crippen LogP) is 2.05. The van der Waals surface area contributed by atoms with E-state index in [4.69, 9.17) is 0 Å². The molecule has 0 radical (unpaired) electrons. The highest BCUT2D eigenvalue weighted by molar-refractivity contribution is 5.95. The molecule has 4 heterocycles. The largest absolute Gasteiger partial charge is 0.329 e. The van der Waals surface area contributed by atoms with Crippen LogP contribution in [-0.4, -0.2) is 66.4 Å². The highest BCUT2D eigenvalue weighted by Gasteiger charge is 2.30. The number of likely N-dealkylation sites (tertiary alicyclic amines) is 1. The SMILES string of the molecule is CCCN1CCC(c2nnc3n2CCN(C(=O)c2cnn(CC)c2C)C3)CC1. The zero-order valence-corrected chi connectivity index (χ0v) is 17.3. The van der Waals surface area contributed by atoms with Crippen molar-refractivity contribution in [2.24, 2.45) is 0 Å². The van der Waals surface area contributed by atoms with E-state index in [0.717, 1.165) is 56.4 Å². The molecule has 8 nitrogen and oxygen atoms in total. The van der Waals surface area contributed by atoms with Crippen LogP contribution in [0.5, 0.6) is 0 Å². The third-order valence-electron chi connectivity index (χ3n) is 6.19. The molecule has 1 saturated heterocycles. The first kappa shape index (κ1) is 19.1. The molecule has 1 fully saturated rings. The average Bonchev–Trinajstić information content (AvgIpc) is 3.31. The van der Waals surface area contributed by atoms with Crippen molar-refractivity contribution in [3.8, 4) is 0 Å². The highest BCUT2D eigenvalue weighted by atomic mass is 16.2. The maximum atomic E-state index is 13.0. The van der Waals surface area contributed by atoms with Gasteiger partial charge in [0.1, 0.15) is 5.82 Å². The van der Waals surface area contributed by atoms with Crippen LogP contribution >= 0.6 is 0 Å². The second-order valence-corrected chi connectivity index (χ2v) is 7.93. The van der Waals surface area contributed by atoms with Gasteiger partial charge in [0.05, 0.1) is 18.3 Å². The molecular weight excluding hydrogens is 354 g/mol. The van der Waals surface area contributed by atoms with Gasteiger partial charge in [-0.3, -0.25) is 9.48 Å². The molecule has 0 atom stereocenters. The Morgan fingerprint density at radius 3 is 2.61 bits per heavy atom. The first-order valence-corrected chi connectivity index (χ1v) is 10.6. The van der Waals surface area contributed by atoms with Gasteiger partial charge in [0.2, 0.25) is 0 Å². The molecule has 0 spiro atoms. The number of fused-ring (bicyclic) bond motifs is 1. The van der Waals surface area contributed by atoms with Gasteiger partial charge in [-0.25, -0.2) is 0 Å². The van der Waals surface area contributed by atoms with Crippen molar-refractivity contribution in [1.29, 1.82) is 0 Å². The molecule has 0 saturated carbocycles. The number of nitrogens with zero attached hydrogens (tertiary/aromatic N) is 7. The third kappa shape index (κ3) is 3.45.